The lowest BCUT2D eigenvalue weighted by Gasteiger charge is -2.32. The second kappa shape index (κ2) is 5.91. The SMILES string of the molecule is CC(C)C1CCN(S(=O)(=O)c2csc(CN)c2)CC1. The molecule has 0 unspecified atom stereocenters. The summed E-state index contributed by atoms with van der Waals surface area (Å²) in [5.41, 5.74) is 5.54. The predicted octanol–water partition coefficient (Wildman–Crippen LogP) is 2.26. The number of sulfonamides is 1. The summed E-state index contributed by atoms with van der Waals surface area (Å²) in [4.78, 5) is 1.32. The number of nitrogens with two attached hydrogens (primary N) is 1. The summed E-state index contributed by atoms with van der Waals surface area (Å²) in [5, 5.41) is 1.70. The lowest BCUT2D eigenvalue weighted by Crippen LogP contribution is -2.39. The highest BCUT2D eigenvalue weighted by atomic mass is 32.2. The summed E-state index contributed by atoms with van der Waals surface area (Å²) < 4.78 is 26.6. The molecule has 1 aromatic heterocycles. The van der Waals surface area contributed by atoms with Gasteiger partial charge in [0.15, 0.2) is 0 Å². The second-order valence-electron chi connectivity index (χ2n) is 5.44. The van der Waals surface area contributed by atoms with Crippen molar-refractivity contribution in [2.24, 2.45) is 17.6 Å². The molecule has 0 aliphatic carbocycles. The summed E-state index contributed by atoms with van der Waals surface area (Å²) in [7, 11) is -3.31. The van der Waals surface area contributed by atoms with Gasteiger partial charge in [-0.25, -0.2) is 8.42 Å². The van der Waals surface area contributed by atoms with Crippen LogP contribution in [0, 0.1) is 11.8 Å². The van der Waals surface area contributed by atoms with Crippen molar-refractivity contribution in [2.45, 2.75) is 38.1 Å². The Morgan fingerprint density at radius 2 is 2.05 bits per heavy atom. The van der Waals surface area contributed by atoms with E-state index in [1.807, 2.05) is 0 Å². The van der Waals surface area contributed by atoms with Crippen LogP contribution < -0.4 is 5.73 Å². The first-order valence-electron chi connectivity index (χ1n) is 6.72. The molecule has 1 fully saturated rings. The van der Waals surface area contributed by atoms with Gasteiger partial charge in [0, 0.05) is 29.9 Å². The standard InChI is InChI=1S/C13H22N2O2S2/c1-10(2)11-3-5-15(6-4-11)19(16,17)13-7-12(8-14)18-9-13/h7,9-11H,3-6,8,14H2,1-2H3. The Balaban J connectivity index is 2.09. The van der Waals surface area contributed by atoms with E-state index in [-0.39, 0.29) is 0 Å². The molecule has 0 bridgehead atoms. The lowest BCUT2D eigenvalue weighted by molar-refractivity contribution is 0.226. The van der Waals surface area contributed by atoms with E-state index in [0.717, 1.165) is 17.7 Å². The number of rotatable bonds is 4. The molecule has 4 nitrogen and oxygen atoms in total. The Morgan fingerprint density at radius 3 is 2.53 bits per heavy atom. The van der Waals surface area contributed by atoms with Crippen LogP contribution in [-0.4, -0.2) is 25.8 Å². The van der Waals surface area contributed by atoms with Gasteiger partial charge in [-0.2, -0.15) is 4.31 Å². The summed E-state index contributed by atoms with van der Waals surface area (Å²) in [6.45, 7) is 6.09. The molecular weight excluding hydrogens is 280 g/mol. The molecule has 1 aromatic rings. The van der Waals surface area contributed by atoms with E-state index in [1.54, 1.807) is 15.8 Å². The smallest absolute Gasteiger partial charge is 0.243 e. The normalized spacial score (nSPS) is 19.2. The number of nitrogens with zero attached hydrogens (tertiary/aromatic N) is 1. The highest BCUT2D eigenvalue weighted by molar-refractivity contribution is 7.89. The molecule has 2 heterocycles. The van der Waals surface area contributed by atoms with Crippen LogP contribution in [0.5, 0.6) is 0 Å². The largest absolute Gasteiger partial charge is 0.326 e. The van der Waals surface area contributed by atoms with Crippen molar-refractivity contribution in [3.05, 3.63) is 16.3 Å². The molecule has 1 saturated heterocycles. The topological polar surface area (TPSA) is 63.4 Å². The van der Waals surface area contributed by atoms with Crippen molar-refractivity contribution >= 4 is 21.4 Å². The molecule has 0 amide bonds. The minimum Gasteiger partial charge on any atom is -0.326 e. The summed E-state index contributed by atoms with van der Waals surface area (Å²) >= 11 is 1.42. The van der Waals surface area contributed by atoms with Crippen molar-refractivity contribution < 1.29 is 8.42 Å². The Hall–Kier alpha value is -0.430. The van der Waals surface area contributed by atoms with Gasteiger partial charge >= 0.3 is 0 Å². The molecule has 2 rings (SSSR count). The molecule has 0 radical (unpaired) electrons. The number of hydrogen-bond donors (Lipinski definition) is 1. The van der Waals surface area contributed by atoms with E-state index < -0.39 is 10.0 Å². The molecular formula is C13H22N2O2S2. The zero-order valence-electron chi connectivity index (χ0n) is 11.5. The fraction of sp³-hybridized carbons (Fsp3) is 0.692. The van der Waals surface area contributed by atoms with Crippen LogP contribution in [0.2, 0.25) is 0 Å². The van der Waals surface area contributed by atoms with E-state index in [2.05, 4.69) is 13.8 Å². The van der Waals surface area contributed by atoms with Crippen LogP contribution in [0.25, 0.3) is 0 Å². The van der Waals surface area contributed by atoms with E-state index in [4.69, 9.17) is 5.73 Å². The Bertz CT molecular complexity index is 515. The fourth-order valence-corrected chi connectivity index (χ4v) is 5.15. The minimum absolute atomic E-state index is 0.398. The zero-order chi connectivity index (χ0) is 14.0. The second-order valence-corrected chi connectivity index (χ2v) is 8.37. The number of piperidine rings is 1. The maximum absolute atomic E-state index is 12.5. The third-order valence-electron chi connectivity index (χ3n) is 3.91. The van der Waals surface area contributed by atoms with Gasteiger partial charge in [-0.15, -0.1) is 11.3 Å². The van der Waals surface area contributed by atoms with Gasteiger partial charge < -0.3 is 5.73 Å². The Morgan fingerprint density at radius 1 is 1.42 bits per heavy atom. The first-order chi connectivity index (χ1) is 8.95. The van der Waals surface area contributed by atoms with E-state index >= 15 is 0 Å². The molecule has 1 aliphatic heterocycles. The highest BCUT2D eigenvalue weighted by Gasteiger charge is 2.30. The summed E-state index contributed by atoms with van der Waals surface area (Å²) in [5.74, 6) is 1.28. The summed E-state index contributed by atoms with van der Waals surface area (Å²) in [6, 6.07) is 1.70. The molecule has 0 atom stereocenters. The molecule has 108 valence electrons. The lowest BCUT2D eigenvalue weighted by atomic mass is 9.87. The molecule has 2 N–H and O–H groups in total. The number of thiophene rings is 1. The highest BCUT2D eigenvalue weighted by Crippen LogP contribution is 2.29. The molecule has 1 aliphatic rings. The number of hydrogen-bond acceptors (Lipinski definition) is 4. The maximum atomic E-state index is 12.5. The van der Waals surface area contributed by atoms with Gasteiger partial charge in [0.25, 0.3) is 0 Å². The van der Waals surface area contributed by atoms with Crippen LogP contribution in [0.4, 0.5) is 0 Å². The van der Waals surface area contributed by atoms with Crippen LogP contribution in [0.1, 0.15) is 31.6 Å². The van der Waals surface area contributed by atoms with Crippen LogP contribution in [0.15, 0.2) is 16.3 Å². The van der Waals surface area contributed by atoms with Crippen LogP contribution in [0.3, 0.4) is 0 Å². The predicted molar refractivity (Wildman–Crippen MR) is 78.5 cm³/mol. The van der Waals surface area contributed by atoms with Crippen molar-refractivity contribution in [1.82, 2.24) is 4.31 Å². The molecule has 0 saturated carbocycles. The summed E-state index contributed by atoms with van der Waals surface area (Å²) in [6.07, 6.45) is 1.93. The van der Waals surface area contributed by atoms with Gasteiger partial charge in [-0.05, 0) is 30.7 Å². The third kappa shape index (κ3) is 3.18. The van der Waals surface area contributed by atoms with E-state index in [0.29, 0.717) is 36.4 Å². The van der Waals surface area contributed by atoms with Crippen molar-refractivity contribution in [3.8, 4) is 0 Å². The van der Waals surface area contributed by atoms with Gasteiger partial charge in [0.05, 0.1) is 4.90 Å². The van der Waals surface area contributed by atoms with Crippen molar-refractivity contribution in [1.29, 1.82) is 0 Å². The average molecular weight is 302 g/mol. The molecule has 6 heteroatoms. The van der Waals surface area contributed by atoms with Gasteiger partial charge in [-0.3, -0.25) is 0 Å². The maximum Gasteiger partial charge on any atom is 0.243 e. The van der Waals surface area contributed by atoms with E-state index in [9.17, 15) is 8.42 Å². The molecule has 0 spiro atoms. The monoisotopic (exact) mass is 302 g/mol. The first-order valence-corrected chi connectivity index (χ1v) is 9.04. The third-order valence-corrected chi connectivity index (χ3v) is 6.89. The van der Waals surface area contributed by atoms with Gasteiger partial charge in [0.1, 0.15) is 0 Å². The molecule has 0 aromatic carbocycles. The van der Waals surface area contributed by atoms with Crippen LogP contribution >= 0.6 is 11.3 Å². The average Bonchev–Trinajstić information content (AvgIpc) is 2.88. The molecule has 19 heavy (non-hydrogen) atoms. The quantitative estimate of drug-likeness (QED) is 0.928. The van der Waals surface area contributed by atoms with Crippen molar-refractivity contribution in [2.75, 3.05) is 13.1 Å². The Kier molecular flexibility index (Phi) is 4.66. The van der Waals surface area contributed by atoms with Crippen molar-refractivity contribution in [3.63, 3.8) is 0 Å². The first kappa shape index (κ1) is 15.0. The van der Waals surface area contributed by atoms with E-state index in [1.165, 1.54) is 11.3 Å². The fourth-order valence-electron chi connectivity index (χ4n) is 2.53. The van der Waals surface area contributed by atoms with Gasteiger partial charge in [0.2, 0.25) is 10.0 Å². The van der Waals surface area contributed by atoms with Crippen LogP contribution in [-0.2, 0) is 16.6 Å². The Labute approximate surface area is 119 Å². The zero-order valence-corrected chi connectivity index (χ0v) is 13.1. The van der Waals surface area contributed by atoms with Gasteiger partial charge in [-0.1, -0.05) is 13.8 Å². The minimum atomic E-state index is -3.31.